The molecule has 0 aliphatic carbocycles. The van der Waals surface area contributed by atoms with E-state index in [-0.39, 0.29) is 0 Å². The predicted molar refractivity (Wildman–Crippen MR) is 152 cm³/mol. The number of hydroxylamine groups is 2. The minimum absolute atomic E-state index is 0.446. The summed E-state index contributed by atoms with van der Waals surface area (Å²) in [6.45, 7) is 12.5. The number of hydrogen-bond donors (Lipinski definition) is 1. The SMILES string of the molecule is CC(C)(C)OC(=O)ON1CC2CN(Cc3cn4cc(-c5cccc6[nH]ncc56)nc(N5CCOCC5)c4n3)CC2C1. The van der Waals surface area contributed by atoms with Gasteiger partial charge in [0.2, 0.25) is 0 Å². The second kappa shape index (κ2) is 10.3. The summed E-state index contributed by atoms with van der Waals surface area (Å²) in [5.41, 5.74) is 4.22. The third kappa shape index (κ3) is 5.34. The van der Waals surface area contributed by atoms with Gasteiger partial charge in [-0.1, -0.05) is 12.1 Å². The number of nitrogens with one attached hydrogen (secondary N) is 1. The number of nitrogens with zero attached hydrogens (tertiary/aromatic N) is 7. The lowest BCUT2D eigenvalue weighted by Crippen LogP contribution is -2.37. The summed E-state index contributed by atoms with van der Waals surface area (Å²) in [5.74, 6) is 1.77. The van der Waals surface area contributed by atoms with Gasteiger partial charge in [-0.2, -0.15) is 5.10 Å². The number of aromatic amines is 1. The number of fused-ring (bicyclic) bond motifs is 3. The molecule has 3 aromatic heterocycles. The lowest BCUT2D eigenvalue weighted by molar-refractivity contribution is -0.134. The van der Waals surface area contributed by atoms with Crippen molar-refractivity contribution in [3.05, 3.63) is 42.5 Å². The zero-order valence-corrected chi connectivity index (χ0v) is 23.7. The van der Waals surface area contributed by atoms with Gasteiger partial charge in [0.25, 0.3) is 0 Å². The highest BCUT2D eigenvalue weighted by molar-refractivity contribution is 5.93. The maximum Gasteiger partial charge on any atom is 0.528 e. The fourth-order valence-electron chi connectivity index (χ4n) is 6.27. The molecule has 12 heteroatoms. The Kier molecular flexibility index (Phi) is 6.56. The van der Waals surface area contributed by atoms with Gasteiger partial charge >= 0.3 is 6.16 Å². The highest BCUT2D eigenvalue weighted by atomic mass is 16.8. The molecule has 3 aliphatic heterocycles. The van der Waals surface area contributed by atoms with Crippen LogP contribution in [-0.2, 0) is 20.9 Å². The van der Waals surface area contributed by atoms with Crippen LogP contribution < -0.4 is 4.90 Å². The van der Waals surface area contributed by atoms with E-state index in [9.17, 15) is 4.79 Å². The Balaban J connectivity index is 1.10. The van der Waals surface area contributed by atoms with E-state index in [2.05, 4.69) is 42.9 Å². The standard InChI is InChI=1S/C29H36N8O4/c1-29(2,3)40-28(38)41-37-14-19-12-34(13-20(19)15-37)16-21-17-36-18-25(22-5-4-6-24-23(22)11-30-33-24)32-27(26(36)31-21)35-7-9-39-10-8-35/h4-6,11,17-20H,7-10,12-16H2,1-3H3,(H,30,33). The van der Waals surface area contributed by atoms with Gasteiger partial charge in [0.05, 0.1) is 36.3 Å². The topological polar surface area (TPSA) is 113 Å². The maximum atomic E-state index is 12.1. The molecule has 0 saturated carbocycles. The molecule has 0 bridgehead atoms. The zero-order valence-electron chi connectivity index (χ0n) is 23.7. The zero-order chi connectivity index (χ0) is 28.1. The van der Waals surface area contributed by atoms with E-state index in [1.807, 2.05) is 39.1 Å². The molecule has 4 aromatic rings. The third-order valence-electron chi connectivity index (χ3n) is 8.05. The quantitative estimate of drug-likeness (QED) is 0.365. The Hall–Kier alpha value is -3.74. The van der Waals surface area contributed by atoms with Crippen molar-refractivity contribution in [1.82, 2.24) is 34.5 Å². The lowest BCUT2D eigenvalue weighted by atomic mass is 10.0. The van der Waals surface area contributed by atoms with Crippen LogP contribution in [0.4, 0.5) is 10.6 Å². The molecule has 1 aromatic carbocycles. The van der Waals surface area contributed by atoms with Crippen LogP contribution in [0.1, 0.15) is 26.5 Å². The number of carbonyl (C=O) groups is 1. The molecular weight excluding hydrogens is 524 g/mol. The van der Waals surface area contributed by atoms with Crippen LogP contribution in [0.3, 0.4) is 0 Å². The van der Waals surface area contributed by atoms with Gasteiger partial charge in [-0.15, -0.1) is 5.06 Å². The van der Waals surface area contributed by atoms with Crippen molar-refractivity contribution in [2.45, 2.75) is 32.9 Å². The largest absolute Gasteiger partial charge is 0.528 e. The Morgan fingerprint density at radius 2 is 1.85 bits per heavy atom. The van der Waals surface area contributed by atoms with Crippen molar-refractivity contribution in [3.63, 3.8) is 0 Å². The molecule has 1 N–H and O–H groups in total. The number of benzene rings is 1. The molecule has 3 aliphatic rings. The van der Waals surface area contributed by atoms with E-state index in [1.54, 1.807) is 5.06 Å². The molecule has 7 rings (SSSR count). The number of imidazole rings is 1. The molecule has 3 saturated heterocycles. The minimum Gasteiger partial charge on any atom is -0.427 e. The predicted octanol–water partition coefficient (Wildman–Crippen LogP) is 3.34. The highest BCUT2D eigenvalue weighted by Crippen LogP contribution is 2.33. The van der Waals surface area contributed by atoms with Crippen molar-refractivity contribution in [3.8, 4) is 11.3 Å². The maximum absolute atomic E-state index is 12.1. The van der Waals surface area contributed by atoms with Crippen LogP contribution in [0.5, 0.6) is 0 Å². The normalized spacial score (nSPS) is 22.1. The van der Waals surface area contributed by atoms with Crippen LogP contribution in [0.15, 0.2) is 36.8 Å². The third-order valence-corrected chi connectivity index (χ3v) is 8.05. The highest BCUT2D eigenvalue weighted by Gasteiger charge is 2.42. The summed E-state index contributed by atoms with van der Waals surface area (Å²) in [4.78, 5) is 32.5. The first kappa shape index (κ1) is 26.2. The van der Waals surface area contributed by atoms with Gasteiger partial charge in [-0.3, -0.25) is 10.00 Å². The Morgan fingerprint density at radius 3 is 2.61 bits per heavy atom. The van der Waals surface area contributed by atoms with Crippen LogP contribution >= 0.6 is 0 Å². The van der Waals surface area contributed by atoms with Gasteiger partial charge in [0, 0.05) is 69.2 Å². The molecular formula is C29H36N8O4. The first-order valence-corrected chi connectivity index (χ1v) is 14.3. The molecule has 216 valence electrons. The monoisotopic (exact) mass is 560 g/mol. The van der Waals surface area contributed by atoms with Gasteiger partial charge < -0.3 is 23.6 Å². The average Bonchev–Trinajstić information content (AvgIpc) is 3.70. The second-order valence-corrected chi connectivity index (χ2v) is 12.3. The molecule has 3 fully saturated rings. The first-order valence-electron chi connectivity index (χ1n) is 14.3. The van der Waals surface area contributed by atoms with Crippen LogP contribution in [0, 0.1) is 11.8 Å². The molecule has 0 radical (unpaired) electrons. The smallest absolute Gasteiger partial charge is 0.427 e. The molecule has 12 nitrogen and oxygen atoms in total. The van der Waals surface area contributed by atoms with Gasteiger partial charge in [-0.25, -0.2) is 14.8 Å². The van der Waals surface area contributed by atoms with Crippen molar-refractivity contribution in [1.29, 1.82) is 0 Å². The average molecular weight is 561 g/mol. The Morgan fingerprint density at radius 1 is 1.07 bits per heavy atom. The van der Waals surface area contributed by atoms with Crippen molar-refractivity contribution in [2.75, 3.05) is 57.4 Å². The lowest BCUT2D eigenvalue weighted by Gasteiger charge is -2.28. The molecule has 2 atom stereocenters. The molecule has 0 amide bonds. The fourth-order valence-corrected chi connectivity index (χ4v) is 6.27. The molecule has 41 heavy (non-hydrogen) atoms. The molecule has 2 unspecified atom stereocenters. The van der Waals surface area contributed by atoms with Crippen molar-refractivity contribution in [2.24, 2.45) is 11.8 Å². The van der Waals surface area contributed by atoms with Crippen LogP contribution in [-0.4, -0.2) is 98.8 Å². The van der Waals surface area contributed by atoms with Gasteiger partial charge in [0.15, 0.2) is 11.5 Å². The number of aromatic nitrogens is 5. The second-order valence-electron chi connectivity index (χ2n) is 12.3. The van der Waals surface area contributed by atoms with E-state index < -0.39 is 11.8 Å². The van der Waals surface area contributed by atoms with E-state index in [1.165, 1.54) is 0 Å². The molecule has 6 heterocycles. The van der Waals surface area contributed by atoms with E-state index in [4.69, 9.17) is 24.3 Å². The number of hydrogen-bond acceptors (Lipinski definition) is 10. The Bertz CT molecular complexity index is 1560. The summed E-state index contributed by atoms with van der Waals surface area (Å²) in [6, 6.07) is 6.14. The number of carbonyl (C=O) groups excluding carboxylic acids is 1. The van der Waals surface area contributed by atoms with Gasteiger partial charge in [-0.05, 0) is 38.7 Å². The number of ether oxygens (including phenoxy) is 2. The summed E-state index contributed by atoms with van der Waals surface area (Å²) in [5, 5.41) is 10.1. The van der Waals surface area contributed by atoms with Crippen LogP contribution in [0.2, 0.25) is 0 Å². The Labute approximate surface area is 238 Å². The first-order chi connectivity index (χ1) is 19.8. The summed E-state index contributed by atoms with van der Waals surface area (Å²) < 4.78 is 13.1. The summed E-state index contributed by atoms with van der Waals surface area (Å²) >= 11 is 0. The van der Waals surface area contributed by atoms with Gasteiger partial charge in [0.1, 0.15) is 5.60 Å². The number of H-pyrrole nitrogens is 1. The number of anilines is 1. The number of likely N-dealkylation sites (tertiary alicyclic amines) is 1. The minimum atomic E-state index is -0.632. The van der Waals surface area contributed by atoms with Crippen molar-refractivity contribution >= 4 is 28.5 Å². The summed E-state index contributed by atoms with van der Waals surface area (Å²) in [6.07, 6.45) is 5.43. The van der Waals surface area contributed by atoms with Crippen LogP contribution in [0.25, 0.3) is 27.8 Å². The molecule has 0 spiro atoms. The van der Waals surface area contributed by atoms with E-state index >= 15 is 0 Å². The number of morpholine rings is 1. The summed E-state index contributed by atoms with van der Waals surface area (Å²) in [7, 11) is 0. The number of rotatable bonds is 5. The van der Waals surface area contributed by atoms with E-state index in [0.29, 0.717) is 25.0 Å². The fraction of sp³-hybridized carbons (Fsp3) is 0.517. The van der Waals surface area contributed by atoms with Crippen molar-refractivity contribution < 1.29 is 19.1 Å². The van der Waals surface area contributed by atoms with E-state index in [0.717, 1.165) is 85.1 Å².